The van der Waals surface area contributed by atoms with Crippen LogP contribution >= 0.6 is 0 Å². The fraction of sp³-hybridized carbons (Fsp3) is 0.280. The molecule has 5 rings (SSSR count). The van der Waals surface area contributed by atoms with Gasteiger partial charge >= 0.3 is 0 Å². The number of hydrogen-bond donors (Lipinski definition) is 3. The highest BCUT2D eigenvalue weighted by Crippen LogP contribution is 2.33. The lowest BCUT2D eigenvalue weighted by Crippen LogP contribution is -2.33. The van der Waals surface area contributed by atoms with Gasteiger partial charge < -0.3 is 20.2 Å². The summed E-state index contributed by atoms with van der Waals surface area (Å²) in [5.41, 5.74) is 4.54. The van der Waals surface area contributed by atoms with Gasteiger partial charge in [-0.05, 0) is 68.8 Å². The number of nitrogens with one attached hydrogen (secondary N) is 3. The fourth-order valence-corrected chi connectivity index (χ4v) is 4.44. The number of hydrogen-bond acceptors (Lipinski definition) is 3. The van der Waals surface area contributed by atoms with Gasteiger partial charge in [0.1, 0.15) is 11.5 Å². The first kappa shape index (κ1) is 20.5. The number of likely N-dealkylation sites (tertiary alicyclic amines) is 1. The number of halogens is 1. The van der Waals surface area contributed by atoms with E-state index in [-0.39, 0.29) is 11.7 Å². The van der Waals surface area contributed by atoms with Crippen LogP contribution in [0.4, 0.5) is 4.39 Å². The van der Waals surface area contributed by atoms with Crippen molar-refractivity contribution in [1.29, 1.82) is 0 Å². The molecule has 3 aromatic heterocycles. The van der Waals surface area contributed by atoms with E-state index in [2.05, 4.69) is 25.2 Å². The second kappa shape index (κ2) is 8.59. The van der Waals surface area contributed by atoms with Crippen LogP contribution in [-0.4, -0.2) is 51.9 Å². The lowest BCUT2D eigenvalue weighted by Gasteiger charge is -2.14. The molecule has 0 atom stereocenters. The van der Waals surface area contributed by atoms with Gasteiger partial charge in [0.05, 0.1) is 11.3 Å². The summed E-state index contributed by atoms with van der Waals surface area (Å²) in [6.45, 7) is 5.40. The molecule has 164 valence electrons. The standard InChI is InChI=1S/C25H26FN5O/c1-16-4-5-19(21(26)14-16)23-20(25(32)29-10-13-31-11-2-3-12-31)15-22(30-23)17-6-8-27-24-18(17)7-9-28-24/h4-9,14-15,30H,2-3,10-13H2,1H3,(H,27,28)(H,29,32). The van der Waals surface area contributed by atoms with Gasteiger partial charge in [-0.1, -0.05) is 6.07 Å². The van der Waals surface area contributed by atoms with Crippen molar-refractivity contribution in [3.8, 4) is 22.5 Å². The number of aromatic nitrogens is 3. The summed E-state index contributed by atoms with van der Waals surface area (Å²) >= 11 is 0. The Labute approximate surface area is 185 Å². The smallest absolute Gasteiger partial charge is 0.253 e. The van der Waals surface area contributed by atoms with Crippen molar-refractivity contribution >= 4 is 16.9 Å². The molecule has 1 aromatic carbocycles. The number of rotatable bonds is 6. The zero-order chi connectivity index (χ0) is 22.1. The third kappa shape index (κ3) is 3.91. The van der Waals surface area contributed by atoms with E-state index in [1.54, 1.807) is 12.3 Å². The van der Waals surface area contributed by atoms with E-state index < -0.39 is 0 Å². The van der Waals surface area contributed by atoms with Gasteiger partial charge in [-0.15, -0.1) is 0 Å². The Kier molecular flexibility index (Phi) is 5.49. The minimum Gasteiger partial charge on any atom is -0.354 e. The monoisotopic (exact) mass is 431 g/mol. The lowest BCUT2D eigenvalue weighted by atomic mass is 10.0. The SMILES string of the molecule is Cc1ccc(-c2[nH]c(-c3ccnc4[nH]ccc34)cc2C(=O)NCCN2CCCC2)c(F)c1. The first-order valence-corrected chi connectivity index (χ1v) is 11.0. The van der Waals surface area contributed by atoms with Crippen molar-refractivity contribution in [2.24, 2.45) is 0 Å². The molecular formula is C25H26FN5O. The van der Waals surface area contributed by atoms with Crippen LogP contribution in [0.1, 0.15) is 28.8 Å². The van der Waals surface area contributed by atoms with Gasteiger partial charge in [0.15, 0.2) is 0 Å². The van der Waals surface area contributed by atoms with Gasteiger partial charge in [0.2, 0.25) is 0 Å². The number of pyridine rings is 1. The van der Waals surface area contributed by atoms with E-state index in [1.807, 2.05) is 37.4 Å². The average Bonchev–Trinajstić information content (AvgIpc) is 3.54. The molecule has 0 aliphatic carbocycles. The van der Waals surface area contributed by atoms with Crippen molar-refractivity contribution in [3.05, 3.63) is 65.7 Å². The van der Waals surface area contributed by atoms with Crippen LogP contribution < -0.4 is 5.32 Å². The van der Waals surface area contributed by atoms with Gasteiger partial charge in [0, 0.05) is 47.7 Å². The highest BCUT2D eigenvalue weighted by molar-refractivity contribution is 6.03. The molecule has 4 aromatic rings. The average molecular weight is 432 g/mol. The number of aromatic amines is 2. The predicted molar refractivity (Wildman–Crippen MR) is 124 cm³/mol. The Morgan fingerprint density at radius 2 is 2.00 bits per heavy atom. The maximum Gasteiger partial charge on any atom is 0.253 e. The number of carbonyl (C=O) groups excluding carboxylic acids is 1. The largest absolute Gasteiger partial charge is 0.354 e. The predicted octanol–water partition coefficient (Wildman–Crippen LogP) is 4.50. The Morgan fingerprint density at radius 1 is 1.16 bits per heavy atom. The first-order chi connectivity index (χ1) is 15.6. The van der Waals surface area contributed by atoms with Gasteiger partial charge in [-0.3, -0.25) is 4.79 Å². The second-order valence-electron chi connectivity index (χ2n) is 8.36. The Hall–Kier alpha value is -3.45. The maximum absolute atomic E-state index is 14.9. The van der Waals surface area contributed by atoms with Crippen LogP contribution in [0.15, 0.2) is 48.8 Å². The minimum absolute atomic E-state index is 0.207. The van der Waals surface area contributed by atoms with Crippen molar-refractivity contribution in [2.45, 2.75) is 19.8 Å². The van der Waals surface area contributed by atoms with Gasteiger partial charge in [-0.25, -0.2) is 9.37 Å². The first-order valence-electron chi connectivity index (χ1n) is 11.0. The molecule has 0 radical (unpaired) electrons. The number of H-pyrrole nitrogens is 2. The third-order valence-corrected chi connectivity index (χ3v) is 6.12. The summed E-state index contributed by atoms with van der Waals surface area (Å²) < 4.78 is 14.9. The molecule has 1 aliphatic rings. The Bertz CT molecular complexity index is 1270. The zero-order valence-corrected chi connectivity index (χ0v) is 18.0. The van der Waals surface area contributed by atoms with E-state index in [0.29, 0.717) is 23.4 Å². The lowest BCUT2D eigenvalue weighted by molar-refractivity contribution is 0.0950. The van der Waals surface area contributed by atoms with Gasteiger partial charge in [0.25, 0.3) is 5.91 Å². The number of aryl methyl sites for hydroxylation is 1. The molecule has 1 fully saturated rings. The summed E-state index contributed by atoms with van der Waals surface area (Å²) in [5, 5.41) is 3.96. The maximum atomic E-state index is 14.9. The summed E-state index contributed by atoms with van der Waals surface area (Å²) in [4.78, 5) is 26.3. The molecule has 6 nitrogen and oxygen atoms in total. The summed E-state index contributed by atoms with van der Waals surface area (Å²) in [5.74, 6) is -0.563. The van der Waals surface area contributed by atoms with E-state index in [0.717, 1.165) is 47.5 Å². The van der Waals surface area contributed by atoms with E-state index in [9.17, 15) is 9.18 Å². The molecule has 1 saturated heterocycles. The number of carbonyl (C=O) groups is 1. The quantitative estimate of drug-likeness (QED) is 0.421. The molecule has 3 N–H and O–H groups in total. The molecule has 0 bridgehead atoms. The molecule has 0 unspecified atom stereocenters. The van der Waals surface area contributed by atoms with Crippen LogP contribution in [0.2, 0.25) is 0 Å². The molecule has 32 heavy (non-hydrogen) atoms. The van der Waals surface area contributed by atoms with E-state index in [4.69, 9.17) is 0 Å². The molecule has 1 amide bonds. The molecule has 4 heterocycles. The van der Waals surface area contributed by atoms with E-state index in [1.165, 1.54) is 18.9 Å². The molecule has 0 spiro atoms. The second-order valence-corrected chi connectivity index (χ2v) is 8.36. The number of benzene rings is 1. The van der Waals surface area contributed by atoms with Crippen LogP contribution in [0.5, 0.6) is 0 Å². The van der Waals surface area contributed by atoms with Crippen molar-refractivity contribution in [1.82, 2.24) is 25.2 Å². The number of fused-ring (bicyclic) bond motifs is 1. The molecule has 7 heteroatoms. The van der Waals surface area contributed by atoms with Crippen LogP contribution in [0.3, 0.4) is 0 Å². The molecular weight excluding hydrogens is 405 g/mol. The Balaban J connectivity index is 1.51. The van der Waals surface area contributed by atoms with Crippen LogP contribution in [0.25, 0.3) is 33.5 Å². The molecule has 0 saturated carbocycles. The van der Waals surface area contributed by atoms with Crippen LogP contribution in [0, 0.1) is 12.7 Å². The number of nitrogens with zero attached hydrogens (tertiary/aromatic N) is 2. The summed E-state index contributed by atoms with van der Waals surface area (Å²) in [7, 11) is 0. The zero-order valence-electron chi connectivity index (χ0n) is 18.0. The van der Waals surface area contributed by atoms with Gasteiger partial charge in [-0.2, -0.15) is 0 Å². The van der Waals surface area contributed by atoms with Crippen molar-refractivity contribution < 1.29 is 9.18 Å². The highest BCUT2D eigenvalue weighted by atomic mass is 19.1. The highest BCUT2D eigenvalue weighted by Gasteiger charge is 2.21. The Morgan fingerprint density at radius 3 is 2.81 bits per heavy atom. The normalized spacial score (nSPS) is 14.3. The number of amides is 1. The van der Waals surface area contributed by atoms with Crippen LogP contribution in [-0.2, 0) is 0 Å². The summed E-state index contributed by atoms with van der Waals surface area (Å²) in [6.07, 6.45) is 5.98. The van der Waals surface area contributed by atoms with Crippen molar-refractivity contribution in [2.75, 3.05) is 26.2 Å². The fourth-order valence-electron chi connectivity index (χ4n) is 4.44. The topological polar surface area (TPSA) is 76.8 Å². The summed E-state index contributed by atoms with van der Waals surface area (Å²) in [6, 6.07) is 10.7. The minimum atomic E-state index is -0.356. The van der Waals surface area contributed by atoms with E-state index >= 15 is 0 Å². The third-order valence-electron chi connectivity index (χ3n) is 6.12. The van der Waals surface area contributed by atoms with Crippen molar-refractivity contribution in [3.63, 3.8) is 0 Å². The molecule has 1 aliphatic heterocycles.